The van der Waals surface area contributed by atoms with Crippen molar-refractivity contribution in [3.05, 3.63) is 34.9 Å². The highest BCUT2D eigenvalue weighted by Crippen LogP contribution is 2.27. The SMILES string of the molecule is CC(=O)C(Br)c1cccc(C=O)c1C#N. The number of carbonyl (C=O) groups excluding carboxylic acids is 2. The number of benzene rings is 1. The smallest absolute Gasteiger partial charge is 0.151 e. The van der Waals surface area contributed by atoms with E-state index in [1.807, 2.05) is 6.07 Å². The summed E-state index contributed by atoms with van der Waals surface area (Å²) in [5, 5.41) is 8.92. The van der Waals surface area contributed by atoms with Gasteiger partial charge in [-0.3, -0.25) is 9.59 Å². The van der Waals surface area contributed by atoms with Crippen LogP contribution in [0.15, 0.2) is 18.2 Å². The lowest BCUT2D eigenvalue weighted by atomic mass is 9.99. The molecule has 0 amide bonds. The van der Waals surface area contributed by atoms with Crippen molar-refractivity contribution in [3.8, 4) is 6.07 Å². The van der Waals surface area contributed by atoms with Crippen LogP contribution in [0.5, 0.6) is 0 Å². The maximum absolute atomic E-state index is 11.2. The first-order chi connectivity index (χ1) is 7.11. The van der Waals surface area contributed by atoms with Gasteiger partial charge in [0.1, 0.15) is 11.9 Å². The van der Waals surface area contributed by atoms with Gasteiger partial charge in [-0.05, 0) is 12.5 Å². The van der Waals surface area contributed by atoms with Gasteiger partial charge in [-0.1, -0.05) is 34.1 Å². The van der Waals surface area contributed by atoms with Gasteiger partial charge in [0.2, 0.25) is 0 Å². The Morgan fingerprint density at radius 1 is 1.60 bits per heavy atom. The molecular formula is C11H8BrNO2. The Bertz CT molecular complexity index is 448. The summed E-state index contributed by atoms with van der Waals surface area (Å²) in [5.41, 5.74) is 1.10. The van der Waals surface area contributed by atoms with Crippen LogP contribution in [0, 0.1) is 11.3 Å². The molecule has 0 heterocycles. The van der Waals surface area contributed by atoms with Crippen molar-refractivity contribution in [2.75, 3.05) is 0 Å². The number of nitriles is 1. The predicted octanol–water partition coefficient (Wildman–Crippen LogP) is 2.40. The zero-order valence-corrected chi connectivity index (χ0v) is 9.61. The zero-order chi connectivity index (χ0) is 11.4. The van der Waals surface area contributed by atoms with E-state index in [0.717, 1.165) is 0 Å². The molecule has 0 bridgehead atoms. The third-order valence-corrected chi connectivity index (χ3v) is 3.14. The predicted molar refractivity (Wildman–Crippen MR) is 58.9 cm³/mol. The Kier molecular flexibility index (Phi) is 3.75. The third kappa shape index (κ3) is 2.31. The number of carbonyl (C=O) groups is 2. The van der Waals surface area contributed by atoms with Crippen LogP contribution >= 0.6 is 15.9 Å². The summed E-state index contributed by atoms with van der Waals surface area (Å²) in [7, 11) is 0. The van der Waals surface area contributed by atoms with E-state index in [0.29, 0.717) is 17.4 Å². The summed E-state index contributed by atoms with van der Waals surface area (Å²) in [6.45, 7) is 1.42. The highest BCUT2D eigenvalue weighted by Gasteiger charge is 2.18. The van der Waals surface area contributed by atoms with E-state index in [-0.39, 0.29) is 11.3 Å². The first-order valence-corrected chi connectivity index (χ1v) is 5.16. The summed E-state index contributed by atoms with van der Waals surface area (Å²) in [6.07, 6.45) is 0.613. The van der Waals surface area contributed by atoms with E-state index in [1.54, 1.807) is 18.2 Å². The number of hydrogen-bond acceptors (Lipinski definition) is 3. The normalized spacial score (nSPS) is 11.5. The molecule has 1 atom stereocenters. The molecule has 76 valence electrons. The number of Topliss-reactive ketones (excluding diaryl/α,β-unsaturated/α-hetero) is 1. The van der Waals surface area contributed by atoms with Crippen molar-refractivity contribution in [2.24, 2.45) is 0 Å². The molecule has 0 aliphatic carbocycles. The average molecular weight is 266 g/mol. The second-order valence-corrected chi connectivity index (χ2v) is 3.93. The number of hydrogen-bond donors (Lipinski definition) is 0. The molecule has 0 aliphatic rings. The maximum atomic E-state index is 11.2. The van der Waals surface area contributed by atoms with Crippen LogP contribution in [0.25, 0.3) is 0 Å². The molecule has 0 saturated heterocycles. The van der Waals surface area contributed by atoms with E-state index in [1.165, 1.54) is 6.92 Å². The topological polar surface area (TPSA) is 57.9 Å². The van der Waals surface area contributed by atoms with Crippen molar-refractivity contribution in [2.45, 2.75) is 11.8 Å². The molecule has 0 aliphatic heterocycles. The fourth-order valence-electron chi connectivity index (χ4n) is 1.25. The highest BCUT2D eigenvalue weighted by molar-refractivity contribution is 9.09. The van der Waals surface area contributed by atoms with Gasteiger partial charge in [0.15, 0.2) is 6.29 Å². The Hall–Kier alpha value is -1.47. The largest absolute Gasteiger partial charge is 0.298 e. The third-order valence-electron chi connectivity index (χ3n) is 2.00. The minimum absolute atomic E-state index is 0.102. The van der Waals surface area contributed by atoms with Gasteiger partial charge >= 0.3 is 0 Å². The monoisotopic (exact) mass is 265 g/mol. The van der Waals surface area contributed by atoms with Gasteiger partial charge in [0.25, 0.3) is 0 Å². The van der Waals surface area contributed by atoms with Crippen LogP contribution in [0.1, 0.15) is 33.2 Å². The van der Waals surface area contributed by atoms with Crippen LogP contribution in [0.3, 0.4) is 0 Å². The van der Waals surface area contributed by atoms with E-state index in [4.69, 9.17) is 5.26 Å². The maximum Gasteiger partial charge on any atom is 0.151 e. The Balaban J connectivity index is 3.37. The lowest BCUT2D eigenvalue weighted by Crippen LogP contribution is -2.05. The van der Waals surface area contributed by atoms with Crippen LogP contribution in [0.2, 0.25) is 0 Å². The van der Waals surface area contributed by atoms with Crippen molar-refractivity contribution in [1.82, 2.24) is 0 Å². The molecule has 4 heteroatoms. The van der Waals surface area contributed by atoms with Crippen molar-refractivity contribution in [3.63, 3.8) is 0 Å². The first-order valence-electron chi connectivity index (χ1n) is 4.24. The lowest BCUT2D eigenvalue weighted by Gasteiger charge is -2.09. The van der Waals surface area contributed by atoms with E-state index < -0.39 is 4.83 Å². The summed E-state index contributed by atoms with van der Waals surface area (Å²) in [6, 6.07) is 6.80. The molecule has 1 aromatic carbocycles. The molecule has 1 unspecified atom stereocenters. The molecule has 0 radical (unpaired) electrons. The molecule has 15 heavy (non-hydrogen) atoms. The fourth-order valence-corrected chi connectivity index (χ4v) is 1.63. The molecule has 0 fully saturated rings. The number of ketones is 1. The molecular weight excluding hydrogens is 258 g/mol. The lowest BCUT2D eigenvalue weighted by molar-refractivity contribution is -0.116. The molecule has 3 nitrogen and oxygen atoms in total. The summed E-state index contributed by atoms with van der Waals surface area (Å²) >= 11 is 3.19. The van der Waals surface area contributed by atoms with Crippen molar-refractivity contribution >= 4 is 28.0 Å². The molecule has 0 aromatic heterocycles. The van der Waals surface area contributed by atoms with Gasteiger partial charge in [0.05, 0.1) is 10.4 Å². The standard InChI is InChI=1S/C11H8BrNO2/c1-7(15)11(12)9-4-2-3-8(6-14)10(9)5-13/h2-4,6,11H,1H3. The highest BCUT2D eigenvalue weighted by atomic mass is 79.9. The Morgan fingerprint density at radius 2 is 2.27 bits per heavy atom. The van der Waals surface area contributed by atoms with Gasteiger partial charge in [0, 0.05) is 5.56 Å². The van der Waals surface area contributed by atoms with E-state index in [2.05, 4.69) is 15.9 Å². The van der Waals surface area contributed by atoms with Crippen LogP contribution < -0.4 is 0 Å². The molecule has 1 rings (SSSR count). The first kappa shape index (κ1) is 11.6. The van der Waals surface area contributed by atoms with Crippen LogP contribution in [0.4, 0.5) is 0 Å². The summed E-state index contributed by atoms with van der Waals surface area (Å²) in [5.74, 6) is -0.102. The second-order valence-electron chi connectivity index (χ2n) is 3.01. The van der Waals surface area contributed by atoms with Crippen LogP contribution in [-0.4, -0.2) is 12.1 Å². The number of alkyl halides is 1. The van der Waals surface area contributed by atoms with E-state index in [9.17, 15) is 9.59 Å². The fraction of sp³-hybridized carbons (Fsp3) is 0.182. The second kappa shape index (κ2) is 4.85. The quantitative estimate of drug-likeness (QED) is 0.623. The number of aldehydes is 1. The van der Waals surface area contributed by atoms with Gasteiger partial charge in [-0.25, -0.2) is 0 Å². The van der Waals surface area contributed by atoms with Crippen LogP contribution in [-0.2, 0) is 4.79 Å². The molecule has 1 aromatic rings. The van der Waals surface area contributed by atoms with Crippen molar-refractivity contribution < 1.29 is 9.59 Å². The minimum Gasteiger partial charge on any atom is -0.298 e. The Labute approximate surface area is 95.8 Å². The van der Waals surface area contributed by atoms with E-state index >= 15 is 0 Å². The van der Waals surface area contributed by atoms with Gasteiger partial charge in [-0.2, -0.15) is 5.26 Å². The Morgan fingerprint density at radius 3 is 2.73 bits per heavy atom. The number of halogens is 1. The molecule has 0 N–H and O–H groups in total. The molecule has 0 saturated carbocycles. The summed E-state index contributed by atoms with van der Waals surface area (Å²) in [4.78, 5) is 21.3. The zero-order valence-electron chi connectivity index (χ0n) is 8.03. The minimum atomic E-state index is -0.535. The van der Waals surface area contributed by atoms with Gasteiger partial charge < -0.3 is 0 Å². The van der Waals surface area contributed by atoms with Crippen molar-refractivity contribution in [1.29, 1.82) is 5.26 Å². The number of nitrogens with zero attached hydrogens (tertiary/aromatic N) is 1. The molecule has 0 spiro atoms. The summed E-state index contributed by atoms with van der Waals surface area (Å²) < 4.78 is 0. The van der Waals surface area contributed by atoms with Gasteiger partial charge in [-0.15, -0.1) is 0 Å². The average Bonchev–Trinajstić information content (AvgIpc) is 2.26. The number of rotatable bonds is 3.